The third kappa shape index (κ3) is 3.26. The van der Waals surface area contributed by atoms with E-state index in [1.54, 1.807) is 0 Å². The van der Waals surface area contributed by atoms with Crippen LogP contribution in [0.2, 0.25) is 5.02 Å². The van der Waals surface area contributed by atoms with Crippen LogP contribution in [-0.4, -0.2) is 36.5 Å². The van der Waals surface area contributed by atoms with Gasteiger partial charge in [-0.2, -0.15) is 5.10 Å². The zero-order chi connectivity index (χ0) is 21.0. The molecule has 2 aromatic heterocycles. The van der Waals surface area contributed by atoms with Crippen molar-refractivity contribution in [2.24, 2.45) is 0 Å². The van der Waals surface area contributed by atoms with Crippen LogP contribution in [0.25, 0.3) is 5.69 Å². The van der Waals surface area contributed by atoms with E-state index in [2.05, 4.69) is 64.3 Å². The third-order valence-corrected chi connectivity index (χ3v) is 7.22. The molecule has 1 aliphatic heterocycles. The van der Waals surface area contributed by atoms with Crippen molar-refractivity contribution in [3.63, 3.8) is 0 Å². The van der Waals surface area contributed by atoms with E-state index in [9.17, 15) is 0 Å². The topological polar surface area (TPSA) is 51.8 Å². The molecule has 5 rings (SSSR count). The lowest BCUT2D eigenvalue weighted by molar-refractivity contribution is 0.292. The molecule has 0 atom stereocenters. The van der Waals surface area contributed by atoms with Crippen molar-refractivity contribution in [1.29, 1.82) is 0 Å². The Hall–Kier alpha value is -2.18. The van der Waals surface area contributed by atoms with Crippen LogP contribution in [-0.2, 0) is 13.1 Å². The zero-order valence-corrected chi connectivity index (χ0v) is 18.9. The summed E-state index contributed by atoms with van der Waals surface area (Å²) in [7, 11) is 2.12. The van der Waals surface area contributed by atoms with Crippen LogP contribution in [0.4, 0.5) is 0 Å². The molecular formula is C23H29ClN6. The summed E-state index contributed by atoms with van der Waals surface area (Å²) in [4.78, 5) is 2.27. The molecule has 1 fully saturated rings. The highest BCUT2D eigenvalue weighted by Gasteiger charge is 2.31. The van der Waals surface area contributed by atoms with Gasteiger partial charge in [-0.15, -0.1) is 10.2 Å². The maximum Gasteiger partial charge on any atom is 0.151 e. The molecule has 1 aromatic carbocycles. The van der Waals surface area contributed by atoms with E-state index < -0.39 is 0 Å². The Kier molecular flexibility index (Phi) is 4.94. The number of hydrogen-bond acceptors (Lipinski definition) is 4. The first-order valence-electron chi connectivity index (χ1n) is 10.9. The van der Waals surface area contributed by atoms with Gasteiger partial charge in [-0.1, -0.05) is 11.6 Å². The minimum absolute atomic E-state index is 0.424. The molecule has 0 amide bonds. The fraction of sp³-hybridized carbons (Fsp3) is 0.522. The molecule has 1 saturated carbocycles. The number of nitrogens with zero attached hydrogens (tertiary/aromatic N) is 6. The Morgan fingerprint density at radius 1 is 1.00 bits per heavy atom. The number of rotatable bonds is 2. The molecule has 0 radical (unpaired) electrons. The first-order valence-corrected chi connectivity index (χ1v) is 11.2. The van der Waals surface area contributed by atoms with Crippen molar-refractivity contribution in [3.8, 4) is 5.69 Å². The lowest BCUT2D eigenvalue weighted by Crippen LogP contribution is -2.21. The summed E-state index contributed by atoms with van der Waals surface area (Å²) >= 11 is 6.30. The molecule has 0 N–H and O–H groups in total. The van der Waals surface area contributed by atoms with Gasteiger partial charge < -0.3 is 0 Å². The van der Waals surface area contributed by atoms with E-state index in [1.165, 1.54) is 22.5 Å². The minimum Gasteiger partial charge on any atom is -0.295 e. The van der Waals surface area contributed by atoms with E-state index in [1.807, 2.05) is 6.07 Å². The Bertz CT molecular complexity index is 1090. The average molecular weight is 425 g/mol. The van der Waals surface area contributed by atoms with Gasteiger partial charge >= 0.3 is 0 Å². The number of hydrogen-bond donors (Lipinski definition) is 0. The highest BCUT2D eigenvalue weighted by Crippen LogP contribution is 2.40. The van der Waals surface area contributed by atoms with Crippen molar-refractivity contribution in [3.05, 3.63) is 57.4 Å². The Labute approximate surface area is 182 Å². The Morgan fingerprint density at radius 3 is 2.47 bits per heavy atom. The van der Waals surface area contributed by atoms with Gasteiger partial charge in [0.05, 0.1) is 24.0 Å². The second-order valence-electron chi connectivity index (χ2n) is 9.00. The lowest BCUT2D eigenvalue weighted by Gasteiger charge is -2.29. The van der Waals surface area contributed by atoms with Gasteiger partial charge in [0.2, 0.25) is 0 Å². The minimum atomic E-state index is 0.424. The van der Waals surface area contributed by atoms with Crippen molar-refractivity contribution >= 4 is 11.6 Å². The number of halogens is 1. The van der Waals surface area contributed by atoms with Crippen LogP contribution in [0.3, 0.4) is 0 Å². The van der Waals surface area contributed by atoms with E-state index in [0.717, 1.165) is 61.1 Å². The van der Waals surface area contributed by atoms with E-state index >= 15 is 0 Å². The van der Waals surface area contributed by atoms with Crippen LogP contribution < -0.4 is 0 Å². The normalized spacial score (nSPS) is 21.9. The first kappa shape index (κ1) is 19.8. The van der Waals surface area contributed by atoms with Crippen molar-refractivity contribution in [1.82, 2.24) is 29.4 Å². The summed E-state index contributed by atoms with van der Waals surface area (Å²) in [5.41, 5.74) is 6.18. The smallest absolute Gasteiger partial charge is 0.151 e. The summed E-state index contributed by atoms with van der Waals surface area (Å²) in [5, 5.41) is 14.9. The predicted octanol–water partition coefficient (Wildman–Crippen LogP) is 4.89. The van der Waals surface area contributed by atoms with Gasteiger partial charge in [0, 0.05) is 23.2 Å². The van der Waals surface area contributed by atoms with Gasteiger partial charge in [0.1, 0.15) is 5.82 Å². The summed E-state index contributed by atoms with van der Waals surface area (Å²) in [6.07, 6.45) is 4.47. The molecular weight excluding hydrogens is 396 g/mol. The molecule has 1 aliphatic carbocycles. The summed E-state index contributed by atoms with van der Waals surface area (Å²) in [6, 6.07) is 6.66. The van der Waals surface area contributed by atoms with Gasteiger partial charge in [-0.25, -0.2) is 0 Å². The molecule has 30 heavy (non-hydrogen) atoms. The molecule has 0 bridgehead atoms. The van der Waals surface area contributed by atoms with Gasteiger partial charge in [0.15, 0.2) is 5.82 Å². The fourth-order valence-corrected chi connectivity index (χ4v) is 5.32. The molecule has 3 aromatic rings. The van der Waals surface area contributed by atoms with Crippen LogP contribution in [0, 0.1) is 20.8 Å². The molecule has 0 unspecified atom stereocenters. The van der Waals surface area contributed by atoms with E-state index in [0.29, 0.717) is 12.0 Å². The van der Waals surface area contributed by atoms with Crippen molar-refractivity contribution in [2.45, 2.75) is 71.5 Å². The average Bonchev–Trinajstić information content (AvgIpc) is 3.20. The standard InChI is InChI=1S/C23H29ClN6/c1-14-15(2)27-30(16(14)3)20-8-5-17(6-9-20)23-26-25-22-13-28(4)12-18-11-19(24)7-10-21(18)29(22)23/h7,10-11,17,20H,5-6,8-9,12-13H2,1-4H3/t17-,20-. The molecule has 3 heterocycles. The van der Waals surface area contributed by atoms with Crippen LogP contribution >= 0.6 is 11.6 Å². The Balaban J connectivity index is 1.44. The molecule has 2 aliphatic rings. The van der Waals surface area contributed by atoms with Gasteiger partial charge in [-0.3, -0.25) is 14.1 Å². The van der Waals surface area contributed by atoms with E-state index in [-0.39, 0.29) is 0 Å². The maximum absolute atomic E-state index is 6.30. The van der Waals surface area contributed by atoms with Gasteiger partial charge in [-0.05, 0) is 82.8 Å². The molecule has 158 valence electrons. The van der Waals surface area contributed by atoms with Crippen molar-refractivity contribution < 1.29 is 0 Å². The van der Waals surface area contributed by atoms with E-state index in [4.69, 9.17) is 16.7 Å². The fourth-order valence-electron chi connectivity index (χ4n) is 5.13. The number of aryl methyl sites for hydroxylation is 1. The summed E-state index contributed by atoms with van der Waals surface area (Å²) in [6.45, 7) is 8.13. The van der Waals surface area contributed by atoms with Gasteiger partial charge in [0.25, 0.3) is 0 Å². The van der Waals surface area contributed by atoms with Crippen LogP contribution in [0.5, 0.6) is 0 Å². The third-order valence-electron chi connectivity index (χ3n) is 6.98. The second kappa shape index (κ2) is 7.50. The molecule has 7 heteroatoms. The maximum atomic E-state index is 6.30. The SMILES string of the molecule is Cc1nn([C@H]2CC[C@H](c3nnc4n3-c3ccc(Cl)cc3CN(C)C4)CC2)c(C)c1C. The molecule has 0 saturated heterocycles. The Morgan fingerprint density at radius 2 is 1.77 bits per heavy atom. The quantitative estimate of drug-likeness (QED) is 0.587. The molecule has 0 spiro atoms. The van der Waals surface area contributed by atoms with Crippen LogP contribution in [0.15, 0.2) is 18.2 Å². The zero-order valence-electron chi connectivity index (χ0n) is 18.2. The first-order chi connectivity index (χ1) is 14.4. The summed E-state index contributed by atoms with van der Waals surface area (Å²) < 4.78 is 4.56. The molecule has 6 nitrogen and oxygen atoms in total. The lowest BCUT2D eigenvalue weighted by atomic mass is 9.85. The second-order valence-corrected chi connectivity index (χ2v) is 9.44. The number of benzene rings is 1. The van der Waals surface area contributed by atoms with Crippen LogP contribution in [0.1, 0.15) is 71.8 Å². The highest BCUT2D eigenvalue weighted by atomic mass is 35.5. The number of fused-ring (bicyclic) bond motifs is 3. The number of aromatic nitrogens is 5. The monoisotopic (exact) mass is 424 g/mol. The summed E-state index contributed by atoms with van der Waals surface area (Å²) in [5.74, 6) is 2.55. The predicted molar refractivity (Wildman–Crippen MR) is 118 cm³/mol. The highest BCUT2D eigenvalue weighted by molar-refractivity contribution is 6.30. The largest absolute Gasteiger partial charge is 0.295 e. The van der Waals surface area contributed by atoms with Crippen molar-refractivity contribution in [2.75, 3.05) is 7.05 Å².